The van der Waals surface area contributed by atoms with Gasteiger partial charge in [-0.25, -0.2) is 0 Å². The maximum Gasteiger partial charge on any atom is 0.260 e. The first-order chi connectivity index (χ1) is 17.3. The molecule has 0 aromatic heterocycles. The van der Waals surface area contributed by atoms with Crippen LogP contribution in [-0.2, 0) is 0 Å². The number of para-hydroxylation sites is 2. The molecule has 35 heavy (non-hydrogen) atoms. The predicted molar refractivity (Wildman–Crippen MR) is 145 cm³/mol. The van der Waals surface area contributed by atoms with Gasteiger partial charge in [0.25, 0.3) is 6.71 Å². The van der Waals surface area contributed by atoms with Crippen molar-refractivity contribution in [3.8, 4) is 34.1 Å². The molecule has 2 heterocycles. The van der Waals surface area contributed by atoms with Gasteiger partial charge in [0.2, 0.25) is 0 Å². The van der Waals surface area contributed by atoms with Crippen molar-refractivity contribution in [3.05, 3.63) is 115 Å². The lowest BCUT2D eigenvalue weighted by atomic mass is 9.35. The zero-order chi connectivity index (χ0) is 22.9. The van der Waals surface area contributed by atoms with Crippen LogP contribution in [-0.4, -0.2) is 6.71 Å². The Hall–Kier alpha value is -4.50. The van der Waals surface area contributed by atoms with Crippen LogP contribution in [0.3, 0.4) is 0 Å². The maximum absolute atomic E-state index is 6.55. The normalized spacial score (nSPS) is 13.0. The van der Waals surface area contributed by atoms with Crippen LogP contribution < -0.4 is 25.9 Å². The molecule has 0 saturated heterocycles. The van der Waals surface area contributed by atoms with Gasteiger partial charge in [-0.05, 0) is 73.9 Å². The van der Waals surface area contributed by atoms with E-state index >= 15 is 0 Å². The summed E-state index contributed by atoms with van der Waals surface area (Å²) in [4.78, 5) is 0. The van der Waals surface area contributed by atoms with Crippen molar-refractivity contribution in [2.45, 2.75) is 0 Å². The van der Waals surface area contributed by atoms with Gasteiger partial charge in [0, 0.05) is 5.46 Å². The molecule has 8 rings (SSSR count). The van der Waals surface area contributed by atoms with E-state index in [1.807, 2.05) is 12.1 Å². The van der Waals surface area contributed by atoms with Crippen molar-refractivity contribution in [1.29, 1.82) is 0 Å². The molecule has 0 amide bonds. The van der Waals surface area contributed by atoms with Crippen molar-refractivity contribution in [3.63, 3.8) is 0 Å². The fraction of sp³-hybridized carbons (Fsp3) is 0. The fourth-order valence-electron chi connectivity index (χ4n) is 5.86. The predicted octanol–water partition coefficient (Wildman–Crippen LogP) is 6.39. The number of ether oxygens (including phenoxy) is 2. The van der Waals surface area contributed by atoms with E-state index in [1.54, 1.807) is 0 Å². The highest BCUT2D eigenvalue weighted by Crippen LogP contribution is 2.42. The summed E-state index contributed by atoms with van der Waals surface area (Å²) in [6.07, 6.45) is 0. The van der Waals surface area contributed by atoms with Crippen molar-refractivity contribution in [2.75, 3.05) is 0 Å². The van der Waals surface area contributed by atoms with Crippen molar-refractivity contribution < 1.29 is 9.47 Å². The van der Waals surface area contributed by atoms with Crippen LogP contribution >= 0.6 is 0 Å². The number of fused-ring (bicyclic) bond motifs is 6. The molecular formula is C32H19BO2. The van der Waals surface area contributed by atoms with Gasteiger partial charge in [0.15, 0.2) is 0 Å². The monoisotopic (exact) mass is 446 g/mol. The minimum absolute atomic E-state index is 0.0909. The van der Waals surface area contributed by atoms with Crippen molar-refractivity contribution in [1.82, 2.24) is 0 Å². The average Bonchev–Trinajstić information content (AvgIpc) is 2.91. The summed E-state index contributed by atoms with van der Waals surface area (Å²) in [5, 5.41) is 4.90. The van der Waals surface area contributed by atoms with Crippen LogP contribution in [0.15, 0.2) is 115 Å². The standard InChI is InChI=1S/C32H19BO2/c1-3-11-23-20(9-1)17-21-10-2-4-12-24(21)31(23)22-18-29-32-30(19-22)35-28-16-8-6-14-26(28)33(32)25-13-5-7-15-27(25)34-29/h1-19H. The number of hydrogen-bond acceptors (Lipinski definition) is 2. The van der Waals surface area contributed by atoms with Crippen LogP contribution in [0, 0.1) is 0 Å². The Balaban J connectivity index is 1.46. The zero-order valence-corrected chi connectivity index (χ0v) is 18.9. The first-order valence-electron chi connectivity index (χ1n) is 12.0. The molecule has 2 nitrogen and oxygen atoms in total. The van der Waals surface area contributed by atoms with Crippen molar-refractivity contribution in [2.24, 2.45) is 0 Å². The van der Waals surface area contributed by atoms with E-state index in [2.05, 4.69) is 103 Å². The Labute approximate surface area is 203 Å². The first kappa shape index (κ1) is 18.9. The quantitative estimate of drug-likeness (QED) is 0.215. The van der Waals surface area contributed by atoms with Gasteiger partial charge in [-0.1, -0.05) is 84.9 Å². The highest BCUT2D eigenvalue weighted by atomic mass is 16.5. The second-order valence-corrected chi connectivity index (χ2v) is 9.29. The Morgan fingerprint density at radius 3 is 1.51 bits per heavy atom. The molecule has 0 N–H and O–H groups in total. The molecule has 0 saturated carbocycles. The lowest BCUT2D eigenvalue weighted by molar-refractivity contribution is 0.465. The fourth-order valence-corrected chi connectivity index (χ4v) is 5.86. The Morgan fingerprint density at radius 1 is 0.457 bits per heavy atom. The molecule has 6 aromatic carbocycles. The first-order valence-corrected chi connectivity index (χ1v) is 12.0. The molecule has 0 fully saturated rings. The van der Waals surface area contributed by atoms with Gasteiger partial charge in [0.05, 0.1) is 0 Å². The van der Waals surface area contributed by atoms with E-state index in [0.29, 0.717) is 0 Å². The molecule has 0 atom stereocenters. The Morgan fingerprint density at radius 2 is 0.943 bits per heavy atom. The van der Waals surface area contributed by atoms with E-state index in [0.717, 1.165) is 34.0 Å². The summed E-state index contributed by atoms with van der Waals surface area (Å²) in [5.41, 5.74) is 5.78. The van der Waals surface area contributed by atoms with Gasteiger partial charge in [-0.15, -0.1) is 0 Å². The minimum atomic E-state index is 0.0909. The molecule has 162 valence electrons. The number of rotatable bonds is 1. The third-order valence-corrected chi connectivity index (χ3v) is 7.35. The second-order valence-electron chi connectivity index (χ2n) is 9.29. The largest absolute Gasteiger partial charge is 0.458 e. The van der Waals surface area contributed by atoms with Crippen LogP contribution in [0.4, 0.5) is 0 Å². The molecule has 6 aromatic rings. The molecule has 2 aliphatic rings. The van der Waals surface area contributed by atoms with Gasteiger partial charge < -0.3 is 9.47 Å². The van der Waals surface area contributed by atoms with Crippen molar-refractivity contribution >= 4 is 44.6 Å². The molecule has 0 spiro atoms. The van der Waals surface area contributed by atoms with E-state index in [4.69, 9.17) is 9.47 Å². The second kappa shape index (κ2) is 7.00. The Bertz CT molecular complexity index is 1700. The average molecular weight is 446 g/mol. The van der Waals surface area contributed by atoms with E-state index in [9.17, 15) is 0 Å². The van der Waals surface area contributed by atoms with E-state index in [-0.39, 0.29) is 6.71 Å². The van der Waals surface area contributed by atoms with Crippen LogP contribution in [0.1, 0.15) is 0 Å². The van der Waals surface area contributed by atoms with Crippen LogP contribution in [0.2, 0.25) is 0 Å². The van der Waals surface area contributed by atoms with Crippen LogP contribution in [0.25, 0.3) is 32.7 Å². The van der Waals surface area contributed by atoms with E-state index in [1.165, 1.54) is 38.0 Å². The number of benzene rings is 6. The topological polar surface area (TPSA) is 18.5 Å². The SMILES string of the molecule is c1ccc2c(c1)Oc1cc(-c3c4ccccc4cc4ccccc34)cc3c1B2c1ccccc1O3. The molecule has 3 heteroatoms. The highest BCUT2D eigenvalue weighted by molar-refractivity contribution is 6.98. The Kier molecular flexibility index (Phi) is 3.78. The van der Waals surface area contributed by atoms with E-state index < -0.39 is 0 Å². The lowest BCUT2D eigenvalue weighted by Crippen LogP contribution is -2.57. The molecular weight excluding hydrogens is 427 g/mol. The minimum Gasteiger partial charge on any atom is -0.458 e. The smallest absolute Gasteiger partial charge is 0.260 e. The third-order valence-electron chi connectivity index (χ3n) is 7.35. The summed E-state index contributed by atoms with van der Waals surface area (Å²) >= 11 is 0. The summed E-state index contributed by atoms with van der Waals surface area (Å²) < 4.78 is 13.1. The summed E-state index contributed by atoms with van der Waals surface area (Å²) in [6, 6.07) is 40.6. The maximum atomic E-state index is 6.55. The molecule has 0 radical (unpaired) electrons. The summed E-state index contributed by atoms with van der Waals surface area (Å²) in [7, 11) is 0. The van der Waals surface area contributed by atoms with Gasteiger partial charge >= 0.3 is 0 Å². The van der Waals surface area contributed by atoms with Crippen LogP contribution in [0.5, 0.6) is 23.0 Å². The molecule has 0 aliphatic carbocycles. The summed E-state index contributed by atoms with van der Waals surface area (Å²) in [5.74, 6) is 3.56. The van der Waals surface area contributed by atoms with Gasteiger partial charge in [-0.2, -0.15) is 0 Å². The van der Waals surface area contributed by atoms with Gasteiger partial charge in [0.1, 0.15) is 23.0 Å². The highest BCUT2D eigenvalue weighted by Gasteiger charge is 2.40. The van der Waals surface area contributed by atoms with Gasteiger partial charge in [-0.3, -0.25) is 0 Å². The summed E-state index contributed by atoms with van der Waals surface area (Å²) in [6.45, 7) is 0.0909. The third kappa shape index (κ3) is 2.67. The lowest BCUT2D eigenvalue weighted by Gasteiger charge is -2.33. The molecule has 2 aliphatic heterocycles. The molecule has 0 unspecified atom stereocenters. The zero-order valence-electron chi connectivity index (χ0n) is 18.9. The number of hydrogen-bond donors (Lipinski definition) is 0. The molecule has 0 bridgehead atoms.